The lowest BCUT2D eigenvalue weighted by Gasteiger charge is -2.20. The highest BCUT2D eigenvalue weighted by Crippen LogP contribution is 2.11. The maximum atomic E-state index is 11.1. The SMILES string of the molecule is CC(C)(C)CNC1CCNC1=O. The van der Waals surface area contributed by atoms with Crippen molar-refractivity contribution < 1.29 is 4.79 Å². The minimum Gasteiger partial charge on any atom is -0.355 e. The molecule has 0 spiro atoms. The molecule has 0 bridgehead atoms. The van der Waals surface area contributed by atoms with Gasteiger partial charge in [0.25, 0.3) is 0 Å². The van der Waals surface area contributed by atoms with E-state index in [9.17, 15) is 4.79 Å². The lowest BCUT2D eigenvalue weighted by molar-refractivity contribution is -0.120. The van der Waals surface area contributed by atoms with Crippen molar-refractivity contribution in [1.82, 2.24) is 10.6 Å². The van der Waals surface area contributed by atoms with Crippen molar-refractivity contribution in [2.45, 2.75) is 33.2 Å². The zero-order chi connectivity index (χ0) is 9.19. The highest BCUT2D eigenvalue weighted by Gasteiger charge is 2.24. The predicted molar refractivity (Wildman–Crippen MR) is 48.9 cm³/mol. The standard InChI is InChI=1S/C9H18N2O/c1-9(2,3)6-11-7-4-5-10-8(7)12/h7,11H,4-6H2,1-3H3,(H,10,12). The smallest absolute Gasteiger partial charge is 0.237 e. The molecule has 70 valence electrons. The van der Waals surface area contributed by atoms with Gasteiger partial charge in [-0.1, -0.05) is 20.8 Å². The Labute approximate surface area is 73.9 Å². The molecule has 1 atom stereocenters. The van der Waals surface area contributed by atoms with E-state index in [-0.39, 0.29) is 17.4 Å². The summed E-state index contributed by atoms with van der Waals surface area (Å²) in [5.41, 5.74) is 0.253. The molecular formula is C9H18N2O. The third-order valence-corrected chi connectivity index (χ3v) is 1.93. The van der Waals surface area contributed by atoms with Crippen LogP contribution in [0.4, 0.5) is 0 Å². The van der Waals surface area contributed by atoms with Gasteiger partial charge in [0.2, 0.25) is 5.91 Å². The van der Waals surface area contributed by atoms with E-state index in [1.807, 2.05) is 0 Å². The van der Waals surface area contributed by atoms with E-state index < -0.39 is 0 Å². The maximum Gasteiger partial charge on any atom is 0.237 e. The molecule has 0 saturated carbocycles. The Morgan fingerprint density at radius 2 is 2.25 bits per heavy atom. The molecule has 1 aliphatic rings. The normalized spacial score (nSPS) is 24.2. The van der Waals surface area contributed by atoms with Gasteiger partial charge in [0.15, 0.2) is 0 Å². The van der Waals surface area contributed by atoms with Gasteiger partial charge in [0.05, 0.1) is 6.04 Å². The molecule has 1 saturated heterocycles. The van der Waals surface area contributed by atoms with Gasteiger partial charge < -0.3 is 10.6 Å². The lowest BCUT2D eigenvalue weighted by Crippen LogP contribution is -2.40. The second kappa shape index (κ2) is 3.44. The van der Waals surface area contributed by atoms with Crippen molar-refractivity contribution in [2.24, 2.45) is 5.41 Å². The summed E-state index contributed by atoms with van der Waals surface area (Å²) in [5, 5.41) is 6.06. The Bertz CT molecular complexity index is 172. The predicted octanol–water partition coefficient (Wildman–Crippen LogP) is 0.511. The van der Waals surface area contributed by atoms with Crippen LogP contribution in [-0.2, 0) is 4.79 Å². The molecule has 0 aromatic rings. The quantitative estimate of drug-likeness (QED) is 0.634. The van der Waals surface area contributed by atoms with E-state index >= 15 is 0 Å². The van der Waals surface area contributed by atoms with Crippen LogP contribution in [0.25, 0.3) is 0 Å². The first-order valence-electron chi connectivity index (χ1n) is 4.50. The van der Waals surface area contributed by atoms with Crippen molar-refractivity contribution in [3.05, 3.63) is 0 Å². The molecule has 0 aliphatic carbocycles. The molecule has 1 fully saturated rings. The Morgan fingerprint density at radius 1 is 1.58 bits per heavy atom. The minimum absolute atomic E-state index is 0.0456. The molecule has 0 aromatic heterocycles. The summed E-state index contributed by atoms with van der Waals surface area (Å²) in [6.07, 6.45) is 0.926. The first-order chi connectivity index (χ1) is 5.49. The molecule has 0 radical (unpaired) electrons. The second-order valence-corrected chi connectivity index (χ2v) is 4.57. The van der Waals surface area contributed by atoms with Gasteiger partial charge in [-0.2, -0.15) is 0 Å². The summed E-state index contributed by atoms with van der Waals surface area (Å²) >= 11 is 0. The van der Waals surface area contributed by atoms with Gasteiger partial charge in [0.1, 0.15) is 0 Å². The van der Waals surface area contributed by atoms with Crippen molar-refractivity contribution in [1.29, 1.82) is 0 Å². The summed E-state index contributed by atoms with van der Waals surface area (Å²) in [6.45, 7) is 8.19. The van der Waals surface area contributed by atoms with Crippen molar-refractivity contribution in [3.63, 3.8) is 0 Å². The first kappa shape index (κ1) is 9.52. The fourth-order valence-electron chi connectivity index (χ4n) is 1.22. The van der Waals surface area contributed by atoms with E-state index in [0.717, 1.165) is 19.5 Å². The molecular weight excluding hydrogens is 152 g/mol. The average Bonchev–Trinajstić information content (AvgIpc) is 2.29. The van der Waals surface area contributed by atoms with Crippen molar-refractivity contribution >= 4 is 5.91 Å². The lowest BCUT2D eigenvalue weighted by atomic mass is 9.96. The number of amides is 1. The number of hydrogen-bond acceptors (Lipinski definition) is 2. The number of carbonyl (C=O) groups is 1. The Balaban J connectivity index is 2.27. The third kappa shape index (κ3) is 2.81. The first-order valence-corrected chi connectivity index (χ1v) is 4.50. The summed E-state index contributed by atoms with van der Waals surface area (Å²) in [7, 11) is 0. The highest BCUT2D eigenvalue weighted by atomic mass is 16.2. The minimum atomic E-state index is 0.0456. The van der Waals surface area contributed by atoms with Crippen LogP contribution >= 0.6 is 0 Å². The number of rotatable bonds is 2. The van der Waals surface area contributed by atoms with Crippen LogP contribution in [0, 0.1) is 5.41 Å². The zero-order valence-electron chi connectivity index (χ0n) is 8.11. The fraction of sp³-hybridized carbons (Fsp3) is 0.889. The molecule has 1 rings (SSSR count). The maximum absolute atomic E-state index is 11.1. The molecule has 1 heterocycles. The van der Waals surface area contributed by atoms with E-state index in [1.54, 1.807) is 0 Å². The van der Waals surface area contributed by atoms with Crippen LogP contribution < -0.4 is 10.6 Å². The van der Waals surface area contributed by atoms with Crippen LogP contribution in [-0.4, -0.2) is 25.0 Å². The van der Waals surface area contributed by atoms with Gasteiger partial charge in [-0.25, -0.2) is 0 Å². The van der Waals surface area contributed by atoms with Crippen molar-refractivity contribution in [2.75, 3.05) is 13.1 Å². The Morgan fingerprint density at radius 3 is 2.67 bits per heavy atom. The molecule has 1 amide bonds. The zero-order valence-corrected chi connectivity index (χ0v) is 8.11. The van der Waals surface area contributed by atoms with Gasteiger partial charge in [-0.15, -0.1) is 0 Å². The van der Waals surface area contributed by atoms with Crippen LogP contribution in [0.1, 0.15) is 27.2 Å². The molecule has 2 N–H and O–H groups in total. The Kier molecular flexibility index (Phi) is 2.73. The van der Waals surface area contributed by atoms with Crippen LogP contribution in [0.15, 0.2) is 0 Å². The van der Waals surface area contributed by atoms with Gasteiger partial charge in [-0.05, 0) is 11.8 Å². The molecule has 12 heavy (non-hydrogen) atoms. The number of nitrogens with one attached hydrogen (secondary N) is 2. The summed E-state index contributed by atoms with van der Waals surface area (Å²) in [6, 6.07) is 0.0456. The fourth-order valence-corrected chi connectivity index (χ4v) is 1.22. The van der Waals surface area contributed by atoms with Crippen LogP contribution in [0.5, 0.6) is 0 Å². The van der Waals surface area contributed by atoms with E-state index in [1.165, 1.54) is 0 Å². The summed E-state index contributed by atoms with van der Waals surface area (Å²) in [5.74, 6) is 0.152. The second-order valence-electron chi connectivity index (χ2n) is 4.57. The largest absolute Gasteiger partial charge is 0.355 e. The Hall–Kier alpha value is -0.570. The topological polar surface area (TPSA) is 41.1 Å². The van der Waals surface area contributed by atoms with E-state index in [2.05, 4.69) is 31.4 Å². The third-order valence-electron chi connectivity index (χ3n) is 1.93. The van der Waals surface area contributed by atoms with Gasteiger partial charge in [0, 0.05) is 13.1 Å². The summed E-state index contributed by atoms with van der Waals surface area (Å²) in [4.78, 5) is 11.1. The number of hydrogen-bond donors (Lipinski definition) is 2. The summed E-state index contributed by atoms with van der Waals surface area (Å²) < 4.78 is 0. The van der Waals surface area contributed by atoms with Gasteiger partial charge >= 0.3 is 0 Å². The van der Waals surface area contributed by atoms with Crippen LogP contribution in [0.2, 0.25) is 0 Å². The highest BCUT2D eigenvalue weighted by molar-refractivity contribution is 5.83. The molecule has 0 aromatic carbocycles. The average molecular weight is 170 g/mol. The molecule has 1 unspecified atom stereocenters. The molecule has 1 aliphatic heterocycles. The van der Waals surface area contributed by atoms with E-state index in [4.69, 9.17) is 0 Å². The van der Waals surface area contributed by atoms with Gasteiger partial charge in [-0.3, -0.25) is 4.79 Å². The molecule has 3 heteroatoms. The monoisotopic (exact) mass is 170 g/mol. The van der Waals surface area contributed by atoms with E-state index in [0.29, 0.717) is 0 Å². The van der Waals surface area contributed by atoms with Crippen LogP contribution in [0.3, 0.4) is 0 Å². The number of carbonyl (C=O) groups excluding carboxylic acids is 1. The molecule has 3 nitrogen and oxygen atoms in total. The van der Waals surface area contributed by atoms with Crippen molar-refractivity contribution in [3.8, 4) is 0 Å².